The highest BCUT2D eigenvalue weighted by molar-refractivity contribution is 5.35. The van der Waals surface area contributed by atoms with Crippen LogP contribution >= 0.6 is 0 Å². The molecule has 3 nitrogen and oxygen atoms in total. The van der Waals surface area contributed by atoms with Crippen molar-refractivity contribution in [1.29, 1.82) is 0 Å². The third-order valence-corrected chi connectivity index (χ3v) is 2.75. The van der Waals surface area contributed by atoms with Gasteiger partial charge in [0.25, 0.3) is 0 Å². The zero-order valence-electron chi connectivity index (χ0n) is 10.3. The van der Waals surface area contributed by atoms with Crippen molar-refractivity contribution < 1.29 is 9.84 Å². The Labute approximate surface area is 107 Å². The average Bonchev–Trinajstić information content (AvgIpc) is 2.40. The van der Waals surface area contributed by atoms with E-state index in [1.54, 1.807) is 0 Å². The van der Waals surface area contributed by atoms with E-state index in [0.717, 1.165) is 22.6 Å². The number of benzene rings is 2. The van der Waals surface area contributed by atoms with Gasteiger partial charge in [-0.05, 0) is 42.3 Å². The van der Waals surface area contributed by atoms with Crippen LogP contribution < -0.4 is 10.5 Å². The van der Waals surface area contributed by atoms with Gasteiger partial charge in [-0.15, -0.1) is 0 Å². The van der Waals surface area contributed by atoms with E-state index in [9.17, 15) is 0 Å². The van der Waals surface area contributed by atoms with Crippen molar-refractivity contribution in [2.45, 2.75) is 19.6 Å². The van der Waals surface area contributed by atoms with E-state index in [1.165, 1.54) is 0 Å². The molecule has 0 saturated carbocycles. The third-order valence-electron chi connectivity index (χ3n) is 2.75. The van der Waals surface area contributed by atoms with Gasteiger partial charge in [0.05, 0.1) is 6.61 Å². The summed E-state index contributed by atoms with van der Waals surface area (Å²) in [6, 6.07) is 15.1. The molecule has 3 N–H and O–H groups in total. The second-order valence-corrected chi connectivity index (χ2v) is 4.26. The first-order valence-corrected chi connectivity index (χ1v) is 5.92. The van der Waals surface area contributed by atoms with Gasteiger partial charge in [-0.3, -0.25) is 0 Å². The molecular weight excluding hydrogens is 226 g/mol. The fourth-order valence-corrected chi connectivity index (χ4v) is 1.64. The van der Waals surface area contributed by atoms with Crippen molar-refractivity contribution in [1.82, 2.24) is 0 Å². The maximum atomic E-state index is 8.95. The summed E-state index contributed by atoms with van der Waals surface area (Å²) in [5.41, 5.74) is 7.74. The SMILES string of the molecule is C[C@@H](N)c1ccc(Oc2ccc(CO)cc2)cc1. The zero-order valence-corrected chi connectivity index (χ0v) is 10.3. The van der Waals surface area contributed by atoms with Crippen molar-refractivity contribution in [3.63, 3.8) is 0 Å². The lowest BCUT2D eigenvalue weighted by atomic mass is 10.1. The molecule has 0 fully saturated rings. The van der Waals surface area contributed by atoms with E-state index in [4.69, 9.17) is 15.6 Å². The fourth-order valence-electron chi connectivity index (χ4n) is 1.64. The largest absolute Gasteiger partial charge is 0.457 e. The molecule has 94 valence electrons. The molecule has 0 spiro atoms. The molecule has 0 bridgehead atoms. The number of ether oxygens (including phenoxy) is 1. The summed E-state index contributed by atoms with van der Waals surface area (Å²) in [6.45, 7) is 1.99. The first kappa shape index (κ1) is 12.6. The Morgan fingerprint density at radius 2 is 1.50 bits per heavy atom. The van der Waals surface area contributed by atoms with Gasteiger partial charge < -0.3 is 15.6 Å². The number of hydrogen-bond donors (Lipinski definition) is 2. The topological polar surface area (TPSA) is 55.5 Å². The summed E-state index contributed by atoms with van der Waals surface area (Å²) >= 11 is 0. The van der Waals surface area contributed by atoms with E-state index in [0.29, 0.717) is 0 Å². The van der Waals surface area contributed by atoms with Gasteiger partial charge in [0.1, 0.15) is 11.5 Å². The van der Waals surface area contributed by atoms with Crippen molar-refractivity contribution in [3.8, 4) is 11.5 Å². The molecule has 0 aromatic heterocycles. The fraction of sp³-hybridized carbons (Fsp3) is 0.200. The highest BCUT2D eigenvalue weighted by atomic mass is 16.5. The molecule has 0 aliphatic rings. The van der Waals surface area contributed by atoms with Crippen molar-refractivity contribution >= 4 is 0 Å². The molecule has 0 saturated heterocycles. The Kier molecular flexibility index (Phi) is 3.97. The van der Waals surface area contributed by atoms with Crippen molar-refractivity contribution in [3.05, 3.63) is 59.7 Å². The van der Waals surface area contributed by atoms with Gasteiger partial charge in [-0.2, -0.15) is 0 Å². The van der Waals surface area contributed by atoms with Gasteiger partial charge >= 0.3 is 0 Å². The Balaban J connectivity index is 2.08. The van der Waals surface area contributed by atoms with Crippen molar-refractivity contribution in [2.24, 2.45) is 5.73 Å². The van der Waals surface area contributed by atoms with Crippen LogP contribution in [-0.4, -0.2) is 5.11 Å². The molecule has 0 aliphatic heterocycles. The minimum atomic E-state index is 0.0305. The van der Waals surface area contributed by atoms with E-state index in [-0.39, 0.29) is 12.6 Å². The van der Waals surface area contributed by atoms with Gasteiger partial charge in [0.2, 0.25) is 0 Å². The van der Waals surface area contributed by atoms with Crippen LogP contribution in [0.5, 0.6) is 11.5 Å². The summed E-state index contributed by atoms with van der Waals surface area (Å²) in [4.78, 5) is 0. The molecule has 0 unspecified atom stereocenters. The quantitative estimate of drug-likeness (QED) is 0.868. The number of hydrogen-bond acceptors (Lipinski definition) is 3. The molecule has 0 amide bonds. The van der Waals surface area contributed by atoms with Crippen LogP contribution in [0.2, 0.25) is 0 Å². The van der Waals surface area contributed by atoms with Crippen LogP contribution in [-0.2, 0) is 6.61 Å². The molecule has 0 heterocycles. The molecule has 2 aromatic rings. The van der Waals surface area contributed by atoms with Crippen LogP contribution in [0.25, 0.3) is 0 Å². The monoisotopic (exact) mass is 243 g/mol. The Bertz CT molecular complexity index is 489. The lowest BCUT2D eigenvalue weighted by Gasteiger charge is -2.09. The Morgan fingerprint density at radius 1 is 1.00 bits per heavy atom. The summed E-state index contributed by atoms with van der Waals surface area (Å²) in [5.74, 6) is 1.52. The van der Waals surface area contributed by atoms with Crippen LogP contribution in [0, 0.1) is 0 Å². The standard InChI is InChI=1S/C15H17NO2/c1-11(16)13-4-8-15(9-5-13)18-14-6-2-12(10-17)3-7-14/h2-9,11,17H,10,16H2,1H3/t11-/m1/s1. The lowest BCUT2D eigenvalue weighted by Crippen LogP contribution is -2.04. The lowest BCUT2D eigenvalue weighted by molar-refractivity contribution is 0.281. The molecular formula is C15H17NO2. The third kappa shape index (κ3) is 3.09. The van der Waals surface area contributed by atoms with Gasteiger partial charge in [-0.25, -0.2) is 0 Å². The van der Waals surface area contributed by atoms with Crippen LogP contribution in [0.4, 0.5) is 0 Å². The highest BCUT2D eigenvalue weighted by Gasteiger charge is 2.01. The molecule has 2 aromatic carbocycles. The summed E-state index contributed by atoms with van der Waals surface area (Å²) in [5, 5.41) is 8.95. The van der Waals surface area contributed by atoms with Crippen LogP contribution in [0.1, 0.15) is 24.1 Å². The minimum Gasteiger partial charge on any atom is -0.457 e. The second-order valence-electron chi connectivity index (χ2n) is 4.26. The highest BCUT2D eigenvalue weighted by Crippen LogP contribution is 2.23. The summed E-state index contributed by atoms with van der Waals surface area (Å²) < 4.78 is 5.69. The molecule has 0 aliphatic carbocycles. The molecule has 3 heteroatoms. The van der Waals surface area contributed by atoms with E-state index in [1.807, 2.05) is 55.5 Å². The van der Waals surface area contributed by atoms with Gasteiger partial charge in [0, 0.05) is 6.04 Å². The minimum absolute atomic E-state index is 0.0305. The molecule has 2 rings (SSSR count). The maximum Gasteiger partial charge on any atom is 0.127 e. The van der Waals surface area contributed by atoms with Gasteiger partial charge in [0.15, 0.2) is 0 Å². The Morgan fingerprint density at radius 3 is 1.94 bits per heavy atom. The van der Waals surface area contributed by atoms with Crippen LogP contribution in [0.15, 0.2) is 48.5 Å². The zero-order chi connectivity index (χ0) is 13.0. The first-order valence-electron chi connectivity index (χ1n) is 5.92. The number of aliphatic hydroxyl groups excluding tert-OH is 1. The predicted octanol–water partition coefficient (Wildman–Crippen LogP) is 2.99. The average molecular weight is 243 g/mol. The normalized spacial score (nSPS) is 12.2. The molecule has 18 heavy (non-hydrogen) atoms. The smallest absolute Gasteiger partial charge is 0.127 e. The number of nitrogens with two attached hydrogens (primary N) is 1. The summed E-state index contributed by atoms with van der Waals surface area (Å²) in [6.07, 6.45) is 0. The molecule has 1 atom stereocenters. The first-order chi connectivity index (χ1) is 8.69. The van der Waals surface area contributed by atoms with E-state index in [2.05, 4.69) is 0 Å². The van der Waals surface area contributed by atoms with Gasteiger partial charge in [-0.1, -0.05) is 24.3 Å². The summed E-state index contributed by atoms with van der Waals surface area (Å²) in [7, 11) is 0. The van der Waals surface area contributed by atoms with E-state index < -0.39 is 0 Å². The number of rotatable bonds is 4. The van der Waals surface area contributed by atoms with Crippen molar-refractivity contribution in [2.75, 3.05) is 0 Å². The number of aliphatic hydroxyl groups is 1. The Hall–Kier alpha value is -1.84. The molecule has 0 radical (unpaired) electrons. The van der Waals surface area contributed by atoms with Crippen LogP contribution in [0.3, 0.4) is 0 Å². The predicted molar refractivity (Wildman–Crippen MR) is 71.5 cm³/mol. The second kappa shape index (κ2) is 5.67. The maximum absolute atomic E-state index is 8.95. The van der Waals surface area contributed by atoms with E-state index >= 15 is 0 Å².